The molecule has 0 bridgehead atoms. The van der Waals surface area contributed by atoms with E-state index in [0.29, 0.717) is 19.8 Å². The summed E-state index contributed by atoms with van der Waals surface area (Å²) in [5, 5.41) is 0. The van der Waals surface area contributed by atoms with Crippen molar-refractivity contribution in [2.75, 3.05) is 13.2 Å². The summed E-state index contributed by atoms with van der Waals surface area (Å²) >= 11 is 0. The average Bonchev–Trinajstić information content (AvgIpc) is 3.00. The second-order valence-corrected chi connectivity index (χ2v) is 7.70. The normalized spacial score (nSPS) is 12.2. The number of fused-ring (bicyclic) bond motifs is 1. The van der Waals surface area contributed by atoms with E-state index < -0.39 is 0 Å². The first-order chi connectivity index (χ1) is 12.9. The summed E-state index contributed by atoms with van der Waals surface area (Å²) in [6, 6.07) is 16.9. The summed E-state index contributed by atoms with van der Waals surface area (Å²) < 4.78 is 13.8. The van der Waals surface area contributed by atoms with Gasteiger partial charge in [0, 0.05) is 18.8 Å². The number of hydrogen-bond donors (Lipinski definition) is 0. The number of para-hydroxylation sites is 2. The molecule has 0 saturated carbocycles. The number of aromatic nitrogens is 2. The van der Waals surface area contributed by atoms with E-state index in [-0.39, 0.29) is 11.7 Å². The maximum Gasteiger partial charge on any atom is 0.175 e. The molecular formula is C23H30N2O2. The van der Waals surface area contributed by atoms with Crippen molar-refractivity contribution in [3.8, 4) is 11.4 Å². The highest BCUT2D eigenvalue weighted by atomic mass is 16.7. The number of rotatable bonds is 7. The molecule has 3 rings (SSSR count). The van der Waals surface area contributed by atoms with Gasteiger partial charge in [-0.15, -0.1) is 0 Å². The molecule has 0 N–H and O–H groups in total. The Morgan fingerprint density at radius 2 is 1.56 bits per heavy atom. The summed E-state index contributed by atoms with van der Waals surface area (Å²) in [7, 11) is 0. The van der Waals surface area contributed by atoms with Crippen LogP contribution in [0.4, 0.5) is 0 Å². The molecule has 0 saturated heterocycles. The molecule has 144 valence electrons. The Bertz CT molecular complexity index is 870. The first-order valence-electron chi connectivity index (χ1n) is 9.73. The van der Waals surface area contributed by atoms with Crippen molar-refractivity contribution in [1.29, 1.82) is 0 Å². The molecule has 0 amide bonds. The molecule has 2 aromatic carbocycles. The summed E-state index contributed by atoms with van der Waals surface area (Å²) in [4.78, 5) is 4.90. The highest BCUT2D eigenvalue weighted by molar-refractivity contribution is 5.80. The second-order valence-electron chi connectivity index (χ2n) is 7.70. The van der Waals surface area contributed by atoms with Gasteiger partial charge in [-0.25, -0.2) is 4.98 Å². The third-order valence-electron chi connectivity index (χ3n) is 4.70. The van der Waals surface area contributed by atoms with E-state index in [2.05, 4.69) is 61.7 Å². The van der Waals surface area contributed by atoms with Gasteiger partial charge >= 0.3 is 0 Å². The highest BCUT2D eigenvalue weighted by Crippen LogP contribution is 2.28. The molecular weight excluding hydrogens is 336 g/mol. The fourth-order valence-electron chi connectivity index (χ4n) is 3.27. The lowest BCUT2D eigenvalue weighted by Crippen LogP contribution is -2.24. The van der Waals surface area contributed by atoms with Crippen molar-refractivity contribution in [3.05, 3.63) is 54.1 Å². The second kappa shape index (κ2) is 8.24. The summed E-state index contributed by atoms with van der Waals surface area (Å²) in [5.74, 6) is 0.945. The fourth-order valence-corrected chi connectivity index (χ4v) is 3.27. The van der Waals surface area contributed by atoms with Gasteiger partial charge in [0.05, 0.1) is 17.6 Å². The van der Waals surface area contributed by atoms with Crippen molar-refractivity contribution in [1.82, 2.24) is 9.55 Å². The SMILES string of the molecule is CCOC(Cn1c(-c2ccc(C(C)(C)C)cc2)nc2ccccc21)OCC. The molecule has 0 aliphatic carbocycles. The lowest BCUT2D eigenvalue weighted by atomic mass is 9.87. The Morgan fingerprint density at radius 3 is 2.15 bits per heavy atom. The van der Waals surface area contributed by atoms with Crippen LogP contribution in [0.25, 0.3) is 22.4 Å². The zero-order chi connectivity index (χ0) is 19.4. The van der Waals surface area contributed by atoms with E-state index >= 15 is 0 Å². The van der Waals surface area contributed by atoms with Crippen LogP contribution in [0, 0.1) is 0 Å². The fraction of sp³-hybridized carbons (Fsp3) is 0.435. The lowest BCUT2D eigenvalue weighted by Gasteiger charge is -2.20. The van der Waals surface area contributed by atoms with Crippen molar-refractivity contribution < 1.29 is 9.47 Å². The zero-order valence-corrected chi connectivity index (χ0v) is 17.0. The van der Waals surface area contributed by atoms with Gasteiger partial charge < -0.3 is 14.0 Å². The monoisotopic (exact) mass is 366 g/mol. The molecule has 0 radical (unpaired) electrons. The minimum atomic E-state index is -0.287. The number of hydrogen-bond acceptors (Lipinski definition) is 3. The van der Waals surface area contributed by atoms with Crippen LogP contribution in [0.15, 0.2) is 48.5 Å². The van der Waals surface area contributed by atoms with Gasteiger partial charge in [-0.05, 0) is 37.0 Å². The van der Waals surface area contributed by atoms with Crippen molar-refractivity contribution in [2.24, 2.45) is 0 Å². The molecule has 4 nitrogen and oxygen atoms in total. The standard InChI is InChI=1S/C23H30N2O2/c1-6-26-21(27-7-2)16-25-20-11-9-8-10-19(20)24-22(25)17-12-14-18(15-13-17)23(3,4)5/h8-15,21H,6-7,16H2,1-5H3. The Balaban J connectivity index is 2.04. The number of benzene rings is 2. The molecule has 0 spiro atoms. The maximum atomic E-state index is 5.79. The lowest BCUT2D eigenvalue weighted by molar-refractivity contribution is -0.142. The van der Waals surface area contributed by atoms with Crippen LogP contribution >= 0.6 is 0 Å². The maximum absolute atomic E-state index is 5.79. The van der Waals surface area contributed by atoms with Gasteiger partial charge in [-0.3, -0.25) is 0 Å². The van der Waals surface area contributed by atoms with Crippen LogP contribution in [0.2, 0.25) is 0 Å². The predicted molar refractivity (Wildman–Crippen MR) is 111 cm³/mol. The smallest absolute Gasteiger partial charge is 0.175 e. The molecule has 4 heteroatoms. The van der Waals surface area contributed by atoms with E-state index in [9.17, 15) is 0 Å². The van der Waals surface area contributed by atoms with Gasteiger partial charge in [0.1, 0.15) is 5.82 Å². The number of ether oxygens (including phenoxy) is 2. The van der Waals surface area contributed by atoms with E-state index in [1.807, 2.05) is 26.0 Å². The van der Waals surface area contributed by atoms with Crippen LogP contribution in [0.5, 0.6) is 0 Å². The van der Waals surface area contributed by atoms with E-state index in [1.165, 1.54) is 5.56 Å². The Morgan fingerprint density at radius 1 is 0.926 bits per heavy atom. The summed E-state index contributed by atoms with van der Waals surface area (Å²) in [5.41, 5.74) is 4.63. The van der Waals surface area contributed by atoms with Gasteiger partial charge in [0.25, 0.3) is 0 Å². The van der Waals surface area contributed by atoms with E-state index in [4.69, 9.17) is 14.5 Å². The van der Waals surface area contributed by atoms with Gasteiger partial charge in [-0.1, -0.05) is 57.2 Å². The first kappa shape index (κ1) is 19.6. The predicted octanol–water partition coefficient (Wildman–Crippen LogP) is 5.40. The van der Waals surface area contributed by atoms with Crippen LogP contribution < -0.4 is 0 Å². The Kier molecular flexibility index (Phi) is 5.98. The first-order valence-corrected chi connectivity index (χ1v) is 9.73. The molecule has 1 aromatic heterocycles. The molecule has 0 atom stereocenters. The molecule has 3 aromatic rings. The van der Waals surface area contributed by atoms with Crippen molar-refractivity contribution in [2.45, 2.75) is 52.9 Å². The van der Waals surface area contributed by atoms with Gasteiger partial charge in [-0.2, -0.15) is 0 Å². The Hall–Kier alpha value is -2.17. The van der Waals surface area contributed by atoms with Crippen LogP contribution in [-0.2, 0) is 21.4 Å². The third-order valence-corrected chi connectivity index (χ3v) is 4.70. The van der Waals surface area contributed by atoms with Crippen LogP contribution in [-0.4, -0.2) is 29.1 Å². The number of imidazole rings is 1. The highest BCUT2D eigenvalue weighted by Gasteiger charge is 2.18. The minimum absolute atomic E-state index is 0.133. The van der Waals surface area contributed by atoms with Crippen molar-refractivity contribution >= 4 is 11.0 Å². The number of nitrogens with zero attached hydrogens (tertiary/aromatic N) is 2. The third kappa shape index (κ3) is 4.40. The molecule has 27 heavy (non-hydrogen) atoms. The van der Waals surface area contributed by atoms with Crippen LogP contribution in [0.1, 0.15) is 40.2 Å². The van der Waals surface area contributed by atoms with Gasteiger partial charge in [0.15, 0.2) is 6.29 Å². The molecule has 0 aliphatic heterocycles. The largest absolute Gasteiger partial charge is 0.351 e. The quantitative estimate of drug-likeness (QED) is 0.525. The Labute approximate surface area is 162 Å². The van der Waals surface area contributed by atoms with E-state index in [0.717, 1.165) is 22.4 Å². The molecule has 1 heterocycles. The van der Waals surface area contributed by atoms with Crippen molar-refractivity contribution in [3.63, 3.8) is 0 Å². The average molecular weight is 367 g/mol. The summed E-state index contributed by atoms with van der Waals surface area (Å²) in [6.45, 7) is 12.5. The van der Waals surface area contributed by atoms with Gasteiger partial charge in [0.2, 0.25) is 0 Å². The molecule has 0 fully saturated rings. The zero-order valence-electron chi connectivity index (χ0n) is 17.0. The van der Waals surface area contributed by atoms with E-state index in [1.54, 1.807) is 0 Å². The molecule has 0 unspecified atom stereocenters. The van der Waals surface area contributed by atoms with Crippen LogP contribution in [0.3, 0.4) is 0 Å². The topological polar surface area (TPSA) is 36.3 Å². The minimum Gasteiger partial charge on any atom is -0.351 e. The molecule has 0 aliphatic rings. The summed E-state index contributed by atoms with van der Waals surface area (Å²) in [6.07, 6.45) is -0.287.